The Morgan fingerprint density at radius 2 is 2.11 bits per heavy atom. The third-order valence-electron chi connectivity index (χ3n) is 5.08. The number of carbonyl (C=O) groups excluding carboxylic acids is 1. The number of esters is 1. The van der Waals surface area contributed by atoms with Gasteiger partial charge in [0.15, 0.2) is 23.5 Å². The molecule has 9 nitrogen and oxygen atoms in total. The highest BCUT2D eigenvalue weighted by molar-refractivity contribution is 5.89. The van der Waals surface area contributed by atoms with Crippen LogP contribution in [-0.4, -0.2) is 37.7 Å². The Morgan fingerprint density at radius 3 is 2.82 bits per heavy atom. The van der Waals surface area contributed by atoms with Crippen LogP contribution in [0, 0.1) is 5.92 Å². The number of carbonyl (C=O) groups is 1. The first-order valence-corrected chi connectivity index (χ1v) is 9.13. The smallest absolute Gasteiger partial charge is 0.338 e. The van der Waals surface area contributed by atoms with E-state index in [0.29, 0.717) is 5.56 Å². The van der Waals surface area contributed by atoms with Crippen molar-refractivity contribution in [3.05, 3.63) is 52.6 Å². The number of ether oxygens (including phenoxy) is 2. The summed E-state index contributed by atoms with van der Waals surface area (Å²) in [5.74, 6) is -0.507. The number of nitrogens with two attached hydrogens (primary N) is 1. The van der Waals surface area contributed by atoms with Gasteiger partial charge in [-0.15, -0.1) is 0 Å². The van der Waals surface area contributed by atoms with E-state index >= 15 is 0 Å². The van der Waals surface area contributed by atoms with Crippen molar-refractivity contribution in [2.75, 3.05) is 5.73 Å². The van der Waals surface area contributed by atoms with Crippen LogP contribution in [0.3, 0.4) is 0 Å². The summed E-state index contributed by atoms with van der Waals surface area (Å²) in [6, 6.07) is 8.78. The Labute approximate surface area is 160 Å². The molecule has 0 bridgehead atoms. The van der Waals surface area contributed by atoms with Crippen LogP contribution < -0.4 is 11.3 Å². The molecular formula is C19H21N5O4. The first kappa shape index (κ1) is 18.2. The van der Waals surface area contributed by atoms with Gasteiger partial charge in [0.25, 0.3) is 5.56 Å². The molecule has 28 heavy (non-hydrogen) atoms. The van der Waals surface area contributed by atoms with Crippen LogP contribution in [0.1, 0.15) is 36.9 Å². The van der Waals surface area contributed by atoms with Crippen molar-refractivity contribution in [2.24, 2.45) is 5.92 Å². The van der Waals surface area contributed by atoms with E-state index < -0.39 is 23.9 Å². The first-order valence-electron chi connectivity index (χ1n) is 9.13. The number of nitrogens with one attached hydrogen (secondary N) is 1. The van der Waals surface area contributed by atoms with E-state index in [0.717, 1.165) is 6.42 Å². The molecule has 3 heterocycles. The van der Waals surface area contributed by atoms with Gasteiger partial charge in [0, 0.05) is 5.92 Å². The van der Waals surface area contributed by atoms with Crippen LogP contribution in [0.2, 0.25) is 0 Å². The zero-order valence-corrected chi connectivity index (χ0v) is 15.5. The lowest BCUT2D eigenvalue weighted by molar-refractivity contribution is -0.0469. The maximum Gasteiger partial charge on any atom is 0.338 e. The molecule has 146 valence electrons. The molecule has 3 aromatic rings. The van der Waals surface area contributed by atoms with Crippen LogP contribution in [0.5, 0.6) is 0 Å². The SMILES string of the molecule is CC[C@H]1O[C@@H](n2cnc3c(=O)[nH]c(N)nc32)[C@@H](OC(=O)c2ccccc2)C1C. The molecule has 1 fully saturated rings. The molecule has 0 radical (unpaired) electrons. The van der Waals surface area contributed by atoms with Gasteiger partial charge in [0.2, 0.25) is 5.95 Å². The minimum atomic E-state index is -0.661. The molecular weight excluding hydrogens is 362 g/mol. The summed E-state index contributed by atoms with van der Waals surface area (Å²) < 4.78 is 13.6. The number of rotatable bonds is 4. The van der Waals surface area contributed by atoms with Crippen molar-refractivity contribution >= 4 is 23.1 Å². The average Bonchev–Trinajstić information content (AvgIpc) is 3.24. The minimum absolute atomic E-state index is 0.0184. The van der Waals surface area contributed by atoms with E-state index in [2.05, 4.69) is 15.0 Å². The molecule has 0 saturated carbocycles. The van der Waals surface area contributed by atoms with Crippen LogP contribution in [0.15, 0.2) is 41.5 Å². The molecule has 0 aliphatic carbocycles. The maximum absolute atomic E-state index is 12.6. The van der Waals surface area contributed by atoms with Gasteiger partial charge in [-0.1, -0.05) is 32.0 Å². The third kappa shape index (κ3) is 3.03. The second kappa shape index (κ2) is 7.08. The largest absolute Gasteiger partial charge is 0.454 e. The lowest BCUT2D eigenvalue weighted by atomic mass is 9.98. The molecule has 0 amide bonds. The van der Waals surface area contributed by atoms with E-state index in [-0.39, 0.29) is 29.1 Å². The van der Waals surface area contributed by atoms with Crippen molar-refractivity contribution < 1.29 is 14.3 Å². The number of aromatic amines is 1. The summed E-state index contributed by atoms with van der Waals surface area (Å²) >= 11 is 0. The molecule has 1 aliphatic rings. The highest BCUT2D eigenvalue weighted by Crippen LogP contribution is 2.38. The van der Waals surface area contributed by atoms with Gasteiger partial charge >= 0.3 is 5.97 Å². The number of fused-ring (bicyclic) bond motifs is 1. The van der Waals surface area contributed by atoms with E-state index in [1.165, 1.54) is 6.33 Å². The Hall–Kier alpha value is -3.20. The van der Waals surface area contributed by atoms with Crippen LogP contribution in [0.25, 0.3) is 11.2 Å². The van der Waals surface area contributed by atoms with Crippen molar-refractivity contribution in [2.45, 2.75) is 38.7 Å². The summed E-state index contributed by atoms with van der Waals surface area (Å²) in [4.78, 5) is 35.5. The molecule has 1 saturated heterocycles. The van der Waals surface area contributed by atoms with Crippen molar-refractivity contribution in [1.82, 2.24) is 19.5 Å². The zero-order chi connectivity index (χ0) is 19.8. The van der Waals surface area contributed by atoms with Gasteiger partial charge in [0.05, 0.1) is 18.0 Å². The molecule has 9 heteroatoms. The van der Waals surface area contributed by atoms with Crippen LogP contribution in [0.4, 0.5) is 5.95 Å². The normalized spacial score (nSPS) is 24.5. The second-order valence-electron chi connectivity index (χ2n) is 6.84. The van der Waals surface area contributed by atoms with Gasteiger partial charge in [-0.3, -0.25) is 14.3 Å². The summed E-state index contributed by atoms with van der Waals surface area (Å²) in [5, 5.41) is 0. The number of anilines is 1. The van der Waals surface area contributed by atoms with Gasteiger partial charge < -0.3 is 15.2 Å². The molecule has 0 spiro atoms. The first-order chi connectivity index (χ1) is 13.5. The zero-order valence-electron chi connectivity index (χ0n) is 15.5. The lowest BCUT2D eigenvalue weighted by Gasteiger charge is -2.22. The highest BCUT2D eigenvalue weighted by atomic mass is 16.6. The summed E-state index contributed by atoms with van der Waals surface area (Å²) in [5.41, 5.74) is 6.16. The number of hydrogen-bond donors (Lipinski definition) is 2. The van der Waals surface area contributed by atoms with E-state index in [1.54, 1.807) is 28.8 Å². The predicted octanol–water partition coefficient (Wildman–Crippen LogP) is 1.87. The Morgan fingerprint density at radius 1 is 1.36 bits per heavy atom. The van der Waals surface area contributed by atoms with Gasteiger partial charge in [-0.2, -0.15) is 4.98 Å². The number of hydrogen-bond acceptors (Lipinski definition) is 7. The monoisotopic (exact) mass is 383 g/mol. The molecule has 1 aliphatic heterocycles. The quantitative estimate of drug-likeness (QED) is 0.659. The second-order valence-corrected chi connectivity index (χ2v) is 6.84. The minimum Gasteiger partial charge on any atom is -0.454 e. The lowest BCUT2D eigenvalue weighted by Crippen LogP contribution is -2.30. The fourth-order valence-corrected chi connectivity index (χ4v) is 3.60. The third-order valence-corrected chi connectivity index (χ3v) is 5.08. The molecule has 4 atom stereocenters. The number of H-pyrrole nitrogens is 1. The van der Waals surface area contributed by atoms with Crippen molar-refractivity contribution in [3.63, 3.8) is 0 Å². The van der Waals surface area contributed by atoms with Crippen molar-refractivity contribution in [1.29, 1.82) is 0 Å². The standard InChI is InChI=1S/C19H21N5O4/c1-3-12-10(2)14(28-18(26)11-7-5-4-6-8-11)17(27-12)24-9-21-13-15(24)22-19(20)23-16(13)25/h4-10,12,14,17H,3H2,1-2H3,(H3,20,22,23,25)/t10?,12-,14+,17-/m1/s1. The van der Waals surface area contributed by atoms with E-state index in [4.69, 9.17) is 15.2 Å². The fraction of sp³-hybridized carbons (Fsp3) is 0.368. The number of nitrogens with zero attached hydrogens (tertiary/aromatic N) is 3. The summed E-state index contributed by atoms with van der Waals surface area (Å²) in [7, 11) is 0. The van der Waals surface area contributed by atoms with Gasteiger partial charge in [-0.25, -0.2) is 9.78 Å². The maximum atomic E-state index is 12.6. The molecule has 4 rings (SSSR count). The fourth-order valence-electron chi connectivity index (χ4n) is 3.60. The van der Waals surface area contributed by atoms with Gasteiger partial charge in [-0.05, 0) is 18.6 Å². The summed E-state index contributed by atoms with van der Waals surface area (Å²) in [6.45, 7) is 3.98. The highest BCUT2D eigenvalue weighted by Gasteiger charge is 2.45. The van der Waals surface area contributed by atoms with Crippen LogP contribution >= 0.6 is 0 Å². The molecule has 2 aromatic heterocycles. The Kier molecular flexibility index (Phi) is 4.60. The predicted molar refractivity (Wildman–Crippen MR) is 102 cm³/mol. The molecule has 3 N–H and O–H groups in total. The molecule has 1 aromatic carbocycles. The van der Waals surface area contributed by atoms with E-state index in [9.17, 15) is 9.59 Å². The van der Waals surface area contributed by atoms with Gasteiger partial charge in [0.1, 0.15) is 0 Å². The van der Waals surface area contributed by atoms with E-state index in [1.807, 2.05) is 19.9 Å². The van der Waals surface area contributed by atoms with Crippen LogP contribution in [-0.2, 0) is 9.47 Å². The Bertz CT molecular complexity index is 1060. The topological polar surface area (TPSA) is 125 Å². The summed E-state index contributed by atoms with van der Waals surface area (Å²) in [6.07, 6.45) is 0.865. The number of nitrogen functional groups attached to an aromatic ring is 1. The average molecular weight is 383 g/mol. The van der Waals surface area contributed by atoms with Crippen molar-refractivity contribution in [3.8, 4) is 0 Å². The number of aromatic nitrogens is 4. The number of imidazole rings is 1. The molecule has 1 unspecified atom stereocenters. The Balaban J connectivity index is 1.72. The number of benzene rings is 1.